The van der Waals surface area contributed by atoms with Gasteiger partial charge >= 0.3 is 0 Å². The molecule has 0 spiro atoms. The molecule has 2 aromatic carbocycles. The number of benzene rings is 2. The van der Waals surface area contributed by atoms with Crippen molar-refractivity contribution < 1.29 is 9.13 Å². The monoisotopic (exact) mass is 315 g/mol. The summed E-state index contributed by atoms with van der Waals surface area (Å²) < 4.78 is 18.5. The van der Waals surface area contributed by atoms with Crippen molar-refractivity contribution in [3.63, 3.8) is 0 Å². The average molecular weight is 315 g/mol. The van der Waals surface area contributed by atoms with Crippen LogP contribution in [0.2, 0.25) is 0 Å². The molecule has 0 aliphatic carbocycles. The number of nitrogens with one attached hydrogen (secondary N) is 1. The number of hydrogen-bond donors (Lipinski definition) is 2. The molecule has 0 heterocycles. The Labute approximate surface area is 136 Å². The minimum Gasteiger partial charge on any atom is -0.380 e. The minimum atomic E-state index is -0.277. The molecule has 3 N–H and O–H groups in total. The second-order valence-electron chi connectivity index (χ2n) is 5.56. The van der Waals surface area contributed by atoms with Crippen LogP contribution in [0, 0.1) is 19.7 Å². The fourth-order valence-corrected chi connectivity index (χ4v) is 2.40. The van der Waals surface area contributed by atoms with Gasteiger partial charge < -0.3 is 15.8 Å². The highest BCUT2D eigenvalue weighted by Gasteiger charge is 2.04. The van der Waals surface area contributed by atoms with Crippen LogP contribution in [0.3, 0.4) is 0 Å². The van der Waals surface area contributed by atoms with E-state index in [4.69, 9.17) is 10.5 Å². The quantitative estimate of drug-likeness (QED) is 0.655. The van der Waals surface area contributed by atoms with Crippen LogP contribution in [0.15, 0.2) is 41.4 Å². The highest BCUT2D eigenvalue weighted by molar-refractivity contribution is 5.92. The first-order valence-electron chi connectivity index (χ1n) is 7.39. The maximum Gasteiger partial charge on any atom is 0.193 e. The molecule has 0 aliphatic heterocycles. The van der Waals surface area contributed by atoms with Gasteiger partial charge in [0.15, 0.2) is 5.96 Å². The number of rotatable bonds is 5. The van der Waals surface area contributed by atoms with Crippen LogP contribution in [-0.2, 0) is 17.9 Å². The number of aliphatic imine (C=N–C) groups is 1. The van der Waals surface area contributed by atoms with Crippen LogP contribution in [0.5, 0.6) is 0 Å². The molecule has 5 heteroatoms. The van der Waals surface area contributed by atoms with Gasteiger partial charge in [-0.1, -0.05) is 12.1 Å². The Balaban J connectivity index is 2.05. The highest BCUT2D eigenvalue weighted by atomic mass is 19.1. The fourth-order valence-electron chi connectivity index (χ4n) is 2.40. The van der Waals surface area contributed by atoms with E-state index in [1.54, 1.807) is 12.1 Å². The van der Waals surface area contributed by atoms with Crippen molar-refractivity contribution >= 4 is 11.6 Å². The van der Waals surface area contributed by atoms with E-state index < -0.39 is 0 Å². The Hall–Kier alpha value is -2.40. The number of nitrogens with zero attached hydrogens (tertiary/aromatic N) is 1. The molecule has 4 nitrogen and oxygen atoms in total. The Morgan fingerprint density at radius 3 is 2.52 bits per heavy atom. The van der Waals surface area contributed by atoms with Crippen LogP contribution in [-0.4, -0.2) is 13.1 Å². The standard InChI is InChI=1S/C18H22FN3O/c1-12-6-13(2)8-16(7-12)22-18(20)21-10-14-4-5-17(19)15(9-14)11-23-3/h4-9H,10-11H2,1-3H3,(H3,20,21,22). The van der Waals surface area contributed by atoms with E-state index in [0.717, 1.165) is 22.4 Å². The van der Waals surface area contributed by atoms with Crippen molar-refractivity contribution in [3.05, 3.63) is 64.5 Å². The second-order valence-corrected chi connectivity index (χ2v) is 5.56. The zero-order chi connectivity index (χ0) is 16.8. The lowest BCUT2D eigenvalue weighted by molar-refractivity contribution is 0.181. The zero-order valence-electron chi connectivity index (χ0n) is 13.7. The summed E-state index contributed by atoms with van der Waals surface area (Å²) in [5.74, 6) is 0.0496. The van der Waals surface area contributed by atoms with Crippen molar-refractivity contribution in [3.8, 4) is 0 Å². The lowest BCUT2D eigenvalue weighted by atomic mass is 10.1. The maximum atomic E-state index is 13.6. The molecule has 0 aromatic heterocycles. The number of anilines is 1. The van der Waals surface area contributed by atoms with Gasteiger partial charge in [-0.05, 0) is 54.8 Å². The number of methoxy groups -OCH3 is 1. The molecule has 23 heavy (non-hydrogen) atoms. The van der Waals surface area contributed by atoms with Gasteiger partial charge in [-0.25, -0.2) is 9.38 Å². The Kier molecular flexibility index (Phi) is 5.71. The number of guanidine groups is 1. The van der Waals surface area contributed by atoms with E-state index in [-0.39, 0.29) is 12.4 Å². The van der Waals surface area contributed by atoms with Crippen LogP contribution in [0.25, 0.3) is 0 Å². The lowest BCUT2D eigenvalue weighted by Gasteiger charge is -2.08. The lowest BCUT2D eigenvalue weighted by Crippen LogP contribution is -2.22. The first-order chi connectivity index (χ1) is 11.0. The molecule has 0 radical (unpaired) electrons. The van der Waals surface area contributed by atoms with Crippen LogP contribution in [0.4, 0.5) is 10.1 Å². The van der Waals surface area contributed by atoms with Crippen LogP contribution in [0.1, 0.15) is 22.3 Å². The second kappa shape index (κ2) is 7.74. The van der Waals surface area contributed by atoms with Gasteiger partial charge in [0.2, 0.25) is 0 Å². The average Bonchev–Trinajstić information content (AvgIpc) is 2.47. The minimum absolute atomic E-state index is 0.236. The normalized spacial score (nSPS) is 11.6. The molecule has 2 aromatic rings. The Morgan fingerprint density at radius 2 is 1.87 bits per heavy atom. The molecule has 0 fully saturated rings. The van der Waals surface area contributed by atoms with E-state index >= 15 is 0 Å². The number of nitrogens with two attached hydrogens (primary N) is 1. The summed E-state index contributed by atoms with van der Waals surface area (Å²) in [6.07, 6.45) is 0. The summed E-state index contributed by atoms with van der Waals surface area (Å²) in [5.41, 5.74) is 10.5. The van der Waals surface area contributed by atoms with Gasteiger partial charge in [-0.2, -0.15) is 0 Å². The van der Waals surface area contributed by atoms with Crippen LogP contribution < -0.4 is 11.1 Å². The first-order valence-corrected chi connectivity index (χ1v) is 7.39. The molecule has 0 bridgehead atoms. The predicted molar refractivity (Wildman–Crippen MR) is 92.0 cm³/mol. The van der Waals surface area contributed by atoms with E-state index in [2.05, 4.69) is 16.4 Å². The number of hydrogen-bond acceptors (Lipinski definition) is 2. The molecular weight excluding hydrogens is 293 g/mol. The van der Waals surface area contributed by atoms with Crippen molar-refractivity contribution in [2.45, 2.75) is 27.0 Å². The topological polar surface area (TPSA) is 59.6 Å². The third kappa shape index (κ3) is 5.07. The maximum absolute atomic E-state index is 13.6. The summed E-state index contributed by atoms with van der Waals surface area (Å²) in [6.45, 7) is 4.67. The third-order valence-electron chi connectivity index (χ3n) is 3.34. The molecule has 0 atom stereocenters. The molecular formula is C18H22FN3O. The predicted octanol–water partition coefficient (Wildman–Crippen LogP) is 3.52. The number of halogens is 1. The zero-order valence-corrected chi connectivity index (χ0v) is 13.7. The van der Waals surface area contributed by atoms with Crippen LogP contribution >= 0.6 is 0 Å². The van der Waals surface area contributed by atoms with Crippen molar-refractivity contribution in [1.82, 2.24) is 0 Å². The Bertz CT molecular complexity index is 693. The van der Waals surface area contributed by atoms with E-state index in [9.17, 15) is 4.39 Å². The summed E-state index contributed by atoms with van der Waals surface area (Å²) in [4.78, 5) is 4.30. The van der Waals surface area contributed by atoms with E-state index in [0.29, 0.717) is 18.1 Å². The molecule has 0 saturated carbocycles. The fraction of sp³-hybridized carbons (Fsp3) is 0.278. The van der Waals surface area contributed by atoms with Crippen molar-refractivity contribution in [2.75, 3.05) is 12.4 Å². The molecule has 0 unspecified atom stereocenters. The SMILES string of the molecule is COCc1cc(CN=C(N)Nc2cc(C)cc(C)c2)ccc1F. The van der Waals surface area contributed by atoms with Gasteiger partial charge in [0.25, 0.3) is 0 Å². The smallest absolute Gasteiger partial charge is 0.193 e. The molecule has 0 saturated heterocycles. The summed E-state index contributed by atoms with van der Waals surface area (Å²) in [5, 5.41) is 3.07. The summed E-state index contributed by atoms with van der Waals surface area (Å²) in [6, 6.07) is 11.0. The van der Waals surface area contributed by atoms with Crippen molar-refractivity contribution in [2.24, 2.45) is 10.7 Å². The van der Waals surface area contributed by atoms with Crippen molar-refractivity contribution in [1.29, 1.82) is 0 Å². The first kappa shape index (κ1) is 17.0. The molecule has 122 valence electrons. The van der Waals surface area contributed by atoms with Gasteiger partial charge in [0, 0.05) is 18.4 Å². The summed E-state index contributed by atoms with van der Waals surface area (Å²) in [7, 11) is 1.54. The third-order valence-corrected chi connectivity index (χ3v) is 3.34. The largest absolute Gasteiger partial charge is 0.380 e. The Morgan fingerprint density at radius 1 is 1.17 bits per heavy atom. The number of aryl methyl sites for hydroxylation is 2. The van der Waals surface area contributed by atoms with E-state index in [1.165, 1.54) is 13.2 Å². The molecule has 2 rings (SSSR count). The highest BCUT2D eigenvalue weighted by Crippen LogP contribution is 2.14. The van der Waals surface area contributed by atoms with Gasteiger partial charge in [-0.15, -0.1) is 0 Å². The van der Waals surface area contributed by atoms with Gasteiger partial charge in [-0.3, -0.25) is 0 Å². The molecule has 0 amide bonds. The van der Waals surface area contributed by atoms with Gasteiger partial charge in [0.05, 0.1) is 13.2 Å². The number of ether oxygens (including phenoxy) is 1. The van der Waals surface area contributed by atoms with E-state index in [1.807, 2.05) is 26.0 Å². The summed E-state index contributed by atoms with van der Waals surface area (Å²) >= 11 is 0. The molecule has 0 aliphatic rings. The van der Waals surface area contributed by atoms with Gasteiger partial charge in [0.1, 0.15) is 5.82 Å².